The lowest BCUT2D eigenvalue weighted by molar-refractivity contribution is -0.116. The van der Waals surface area contributed by atoms with Gasteiger partial charge in [-0.2, -0.15) is 0 Å². The summed E-state index contributed by atoms with van der Waals surface area (Å²) >= 11 is 0. The Bertz CT molecular complexity index is 767. The normalized spacial score (nSPS) is 11.9. The zero-order valence-electron chi connectivity index (χ0n) is 17.7. The van der Waals surface area contributed by atoms with Crippen LogP contribution in [0.4, 0.5) is 5.69 Å². The number of nitrogens with zero attached hydrogens (tertiary/aromatic N) is 1. The molecule has 0 spiro atoms. The average molecular weight is 524 g/mol. The maximum atomic E-state index is 11.7. The Kier molecular flexibility index (Phi) is 12.8. The van der Waals surface area contributed by atoms with Crippen molar-refractivity contribution in [2.75, 3.05) is 18.4 Å². The lowest BCUT2D eigenvalue weighted by Gasteiger charge is -2.14. The van der Waals surface area contributed by atoms with E-state index in [4.69, 9.17) is 0 Å². The van der Waals surface area contributed by atoms with E-state index in [1.807, 2.05) is 68.4 Å². The summed E-state index contributed by atoms with van der Waals surface area (Å²) in [6.07, 6.45) is 1.46. The molecule has 0 aliphatic carbocycles. The summed E-state index contributed by atoms with van der Waals surface area (Å²) < 4.78 is 0. The van der Waals surface area contributed by atoms with Crippen LogP contribution in [0.2, 0.25) is 0 Å². The number of guanidine groups is 1. The van der Waals surface area contributed by atoms with Crippen LogP contribution in [0.15, 0.2) is 59.6 Å². The van der Waals surface area contributed by atoms with E-state index in [0.29, 0.717) is 31.9 Å². The molecule has 7 heteroatoms. The minimum absolute atomic E-state index is 0. The van der Waals surface area contributed by atoms with Crippen molar-refractivity contribution in [2.24, 2.45) is 4.99 Å². The average Bonchev–Trinajstić information content (AvgIpc) is 2.73. The minimum Gasteiger partial charge on any atom is -0.388 e. The summed E-state index contributed by atoms with van der Waals surface area (Å²) in [5.74, 6) is 0.752. The number of aliphatic hydroxyl groups is 1. The lowest BCUT2D eigenvalue weighted by atomic mass is 10.1. The number of hydrogen-bond acceptors (Lipinski definition) is 3. The largest absolute Gasteiger partial charge is 0.388 e. The van der Waals surface area contributed by atoms with E-state index in [1.54, 1.807) is 0 Å². The second-order valence-corrected chi connectivity index (χ2v) is 6.83. The van der Waals surface area contributed by atoms with Crippen LogP contribution in [0.3, 0.4) is 0 Å². The predicted octanol–water partition coefficient (Wildman–Crippen LogP) is 4.22. The summed E-state index contributed by atoms with van der Waals surface area (Å²) in [4.78, 5) is 16.3. The first-order chi connectivity index (χ1) is 14.1. The van der Waals surface area contributed by atoms with Gasteiger partial charge in [-0.05, 0) is 43.0 Å². The second-order valence-electron chi connectivity index (χ2n) is 6.83. The van der Waals surface area contributed by atoms with Gasteiger partial charge >= 0.3 is 0 Å². The summed E-state index contributed by atoms with van der Waals surface area (Å²) in [6, 6.07) is 17.4. The molecule has 1 atom stereocenters. The van der Waals surface area contributed by atoms with Crippen molar-refractivity contribution in [2.45, 2.75) is 45.8 Å². The molecule has 0 radical (unpaired) electrons. The molecule has 0 saturated heterocycles. The highest BCUT2D eigenvalue weighted by Gasteiger charge is 2.07. The molecule has 2 aromatic rings. The zero-order chi connectivity index (χ0) is 20.9. The minimum atomic E-state index is -0.498. The van der Waals surface area contributed by atoms with E-state index in [-0.39, 0.29) is 29.9 Å². The van der Waals surface area contributed by atoms with Crippen LogP contribution in [-0.4, -0.2) is 30.1 Å². The zero-order valence-corrected chi connectivity index (χ0v) is 20.1. The van der Waals surface area contributed by atoms with Crippen molar-refractivity contribution >= 4 is 41.5 Å². The summed E-state index contributed by atoms with van der Waals surface area (Å²) in [7, 11) is 0. The SMILES string of the molecule is CCCC(=O)Nc1ccc(CN=C(NCC)NCCC(O)c2ccccc2)cc1.I. The Morgan fingerprint density at radius 2 is 1.73 bits per heavy atom. The van der Waals surface area contributed by atoms with Gasteiger partial charge in [0.25, 0.3) is 0 Å². The van der Waals surface area contributed by atoms with Crippen LogP contribution in [0.1, 0.15) is 50.3 Å². The molecule has 30 heavy (non-hydrogen) atoms. The number of anilines is 1. The van der Waals surface area contributed by atoms with Gasteiger partial charge in [-0.3, -0.25) is 4.79 Å². The molecule has 0 aromatic heterocycles. The number of halogens is 1. The predicted molar refractivity (Wildman–Crippen MR) is 134 cm³/mol. The third-order valence-corrected chi connectivity index (χ3v) is 4.37. The highest BCUT2D eigenvalue weighted by atomic mass is 127. The van der Waals surface area contributed by atoms with Gasteiger partial charge in [-0.25, -0.2) is 4.99 Å². The first-order valence-electron chi connectivity index (χ1n) is 10.3. The molecule has 2 aromatic carbocycles. The maximum Gasteiger partial charge on any atom is 0.224 e. The third kappa shape index (κ3) is 9.58. The summed E-state index contributed by atoms with van der Waals surface area (Å²) in [6.45, 7) is 5.91. The fourth-order valence-electron chi connectivity index (χ4n) is 2.83. The highest BCUT2D eigenvalue weighted by Crippen LogP contribution is 2.15. The topological polar surface area (TPSA) is 85.8 Å². The number of benzene rings is 2. The number of rotatable bonds is 10. The fraction of sp³-hybridized carbons (Fsp3) is 0.391. The van der Waals surface area contributed by atoms with Crippen LogP contribution in [0.25, 0.3) is 0 Å². The van der Waals surface area contributed by atoms with Gasteiger partial charge in [0.15, 0.2) is 5.96 Å². The highest BCUT2D eigenvalue weighted by molar-refractivity contribution is 14.0. The van der Waals surface area contributed by atoms with E-state index in [2.05, 4.69) is 20.9 Å². The van der Waals surface area contributed by atoms with E-state index in [0.717, 1.165) is 29.8 Å². The van der Waals surface area contributed by atoms with E-state index in [9.17, 15) is 9.90 Å². The molecule has 1 amide bonds. The number of carbonyl (C=O) groups is 1. The standard InChI is InChI=1S/C23H32N4O2.HI/c1-3-8-22(29)27-20-13-11-18(12-14-20)17-26-23(24-4-2)25-16-15-21(28)19-9-6-5-7-10-19;/h5-7,9-14,21,28H,3-4,8,15-17H2,1-2H3,(H,27,29)(H2,24,25,26);1H. The van der Waals surface area contributed by atoms with E-state index >= 15 is 0 Å². The number of amides is 1. The first-order valence-corrected chi connectivity index (χ1v) is 10.3. The number of carbonyl (C=O) groups excluding carboxylic acids is 1. The monoisotopic (exact) mass is 524 g/mol. The van der Waals surface area contributed by atoms with Gasteiger partial charge in [0.05, 0.1) is 12.6 Å². The van der Waals surface area contributed by atoms with Crippen molar-refractivity contribution in [3.63, 3.8) is 0 Å². The van der Waals surface area contributed by atoms with Crippen molar-refractivity contribution in [1.29, 1.82) is 0 Å². The molecule has 0 aliphatic rings. The van der Waals surface area contributed by atoms with Crippen LogP contribution < -0.4 is 16.0 Å². The Hall–Kier alpha value is -2.13. The molecular formula is C23H33IN4O2. The van der Waals surface area contributed by atoms with Gasteiger partial charge in [0.1, 0.15) is 0 Å². The van der Waals surface area contributed by atoms with Crippen molar-refractivity contribution in [3.05, 3.63) is 65.7 Å². The molecular weight excluding hydrogens is 491 g/mol. The van der Waals surface area contributed by atoms with Crippen molar-refractivity contribution in [3.8, 4) is 0 Å². The summed E-state index contributed by atoms with van der Waals surface area (Å²) in [5.41, 5.74) is 2.78. The number of nitrogens with one attached hydrogen (secondary N) is 3. The molecule has 4 N–H and O–H groups in total. The van der Waals surface area contributed by atoms with Crippen LogP contribution >= 0.6 is 24.0 Å². The quantitative estimate of drug-likeness (QED) is 0.213. The first kappa shape index (κ1) is 25.9. The van der Waals surface area contributed by atoms with Crippen molar-refractivity contribution < 1.29 is 9.90 Å². The molecule has 2 rings (SSSR count). The number of aliphatic hydroxyl groups excluding tert-OH is 1. The summed E-state index contributed by atoms with van der Waals surface area (Å²) in [5, 5.41) is 19.6. The van der Waals surface area contributed by atoms with E-state index < -0.39 is 6.10 Å². The molecule has 0 bridgehead atoms. The van der Waals surface area contributed by atoms with E-state index in [1.165, 1.54) is 0 Å². The fourth-order valence-corrected chi connectivity index (χ4v) is 2.83. The van der Waals surface area contributed by atoms with Crippen molar-refractivity contribution in [1.82, 2.24) is 10.6 Å². The van der Waals surface area contributed by atoms with Gasteiger partial charge in [-0.15, -0.1) is 24.0 Å². The van der Waals surface area contributed by atoms with Crippen LogP contribution in [0, 0.1) is 0 Å². The Morgan fingerprint density at radius 1 is 1.03 bits per heavy atom. The third-order valence-electron chi connectivity index (χ3n) is 4.37. The van der Waals surface area contributed by atoms with Crippen LogP contribution in [-0.2, 0) is 11.3 Å². The molecule has 6 nitrogen and oxygen atoms in total. The Morgan fingerprint density at radius 3 is 2.37 bits per heavy atom. The van der Waals surface area contributed by atoms with Gasteiger partial charge in [0, 0.05) is 25.2 Å². The Balaban J connectivity index is 0.00000450. The molecule has 0 heterocycles. The molecule has 0 aliphatic heterocycles. The number of aliphatic imine (C=N–C) groups is 1. The second kappa shape index (κ2) is 14.8. The molecule has 0 saturated carbocycles. The maximum absolute atomic E-state index is 11.7. The number of hydrogen-bond donors (Lipinski definition) is 4. The molecule has 1 unspecified atom stereocenters. The smallest absolute Gasteiger partial charge is 0.224 e. The Labute approximate surface area is 196 Å². The van der Waals surface area contributed by atoms with Gasteiger partial charge < -0.3 is 21.1 Å². The van der Waals surface area contributed by atoms with Gasteiger partial charge in [-0.1, -0.05) is 49.4 Å². The van der Waals surface area contributed by atoms with Gasteiger partial charge in [0.2, 0.25) is 5.91 Å². The lowest BCUT2D eigenvalue weighted by Crippen LogP contribution is -2.38. The van der Waals surface area contributed by atoms with Crippen LogP contribution in [0.5, 0.6) is 0 Å². The molecule has 164 valence electrons. The molecule has 0 fully saturated rings.